The van der Waals surface area contributed by atoms with Gasteiger partial charge in [-0.1, -0.05) is 6.07 Å². The number of methoxy groups -OCH3 is 2. The second-order valence-corrected chi connectivity index (χ2v) is 6.66. The molecule has 4 rings (SSSR count). The van der Waals surface area contributed by atoms with E-state index in [2.05, 4.69) is 21.4 Å². The minimum Gasteiger partial charge on any atom is -0.493 e. The summed E-state index contributed by atoms with van der Waals surface area (Å²) < 4.78 is 10.6. The third-order valence-electron chi connectivity index (χ3n) is 4.92. The number of carbonyl (C=O) groups excluding carboxylic acids is 1. The van der Waals surface area contributed by atoms with Crippen molar-refractivity contribution in [3.05, 3.63) is 59.4 Å². The summed E-state index contributed by atoms with van der Waals surface area (Å²) in [7, 11) is 3.19. The first kappa shape index (κ1) is 18.0. The Labute approximate surface area is 163 Å². The summed E-state index contributed by atoms with van der Waals surface area (Å²) in [6, 6.07) is 11.5. The molecular weight excluding hydrogens is 356 g/mol. The molecular formula is C21H22N4O3. The zero-order valence-corrected chi connectivity index (χ0v) is 15.9. The number of amides is 2. The SMILES string of the molecule is COc1ccc(CNC(=O)N2CCc3nc4ncccc4cc3C2)cc1OC. The summed E-state index contributed by atoms with van der Waals surface area (Å²) >= 11 is 0. The van der Waals surface area contributed by atoms with Gasteiger partial charge in [-0.15, -0.1) is 0 Å². The highest BCUT2D eigenvalue weighted by Gasteiger charge is 2.22. The van der Waals surface area contributed by atoms with Crippen molar-refractivity contribution in [2.45, 2.75) is 19.5 Å². The van der Waals surface area contributed by atoms with Gasteiger partial charge in [0.05, 0.1) is 14.2 Å². The van der Waals surface area contributed by atoms with Crippen molar-refractivity contribution < 1.29 is 14.3 Å². The van der Waals surface area contributed by atoms with Crippen LogP contribution in [0.15, 0.2) is 42.6 Å². The number of fused-ring (bicyclic) bond motifs is 2. The molecule has 7 nitrogen and oxygen atoms in total. The average Bonchev–Trinajstić information content (AvgIpc) is 2.75. The quantitative estimate of drug-likeness (QED) is 0.755. The zero-order chi connectivity index (χ0) is 19.5. The molecule has 0 fully saturated rings. The van der Waals surface area contributed by atoms with E-state index in [-0.39, 0.29) is 6.03 Å². The van der Waals surface area contributed by atoms with E-state index in [1.807, 2.05) is 35.2 Å². The number of ether oxygens (including phenoxy) is 2. The van der Waals surface area contributed by atoms with Crippen LogP contribution >= 0.6 is 0 Å². The molecule has 0 spiro atoms. The van der Waals surface area contributed by atoms with Crippen LogP contribution in [0.1, 0.15) is 16.8 Å². The molecule has 1 N–H and O–H groups in total. The van der Waals surface area contributed by atoms with E-state index in [1.54, 1.807) is 20.4 Å². The van der Waals surface area contributed by atoms with E-state index in [1.165, 1.54) is 0 Å². The Hall–Kier alpha value is -3.35. The molecule has 2 aromatic heterocycles. The molecule has 1 aromatic carbocycles. The lowest BCUT2D eigenvalue weighted by Crippen LogP contribution is -2.42. The van der Waals surface area contributed by atoms with Gasteiger partial charge in [-0.25, -0.2) is 14.8 Å². The summed E-state index contributed by atoms with van der Waals surface area (Å²) in [5.74, 6) is 1.31. The standard InChI is InChI=1S/C21H22N4O3/c1-27-18-6-5-14(10-19(18)28-2)12-23-21(26)25-9-7-17-16(13-25)11-15-4-3-8-22-20(15)24-17/h3-6,8,10-11H,7,9,12-13H2,1-2H3,(H,23,26). The number of nitrogens with one attached hydrogen (secondary N) is 1. The largest absolute Gasteiger partial charge is 0.493 e. The van der Waals surface area contributed by atoms with Crippen LogP contribution in [0.25, 0.3) is 11.0 Å². The first-order chi connectivity index (χ1) is 13.7. The molecule has 0 saturated heterocycles. The maximum atomic E-state index is 12.6. The summed E-state index contributed by atoms with van der Waals surface area (Å²) in [5.41, 5.74) is 3.80. The first-order valence-corrected chi connectivity index (χ1v) is 9.15. The van der Waals surface area contributed by atoms with Crippen LogP contribution in [0.4, 0.5) is 4.79 Å². The average molecular weight is 378 g/mol. The van der Waals surface area contributed by atoms with Gasteiger partial charge in [0.25, 0.3) is 0 Å². The number of rotatable bonds is 4. The molecule has 1 aliphatic rings. The molecule has 3 aromatic rings. The van der Waals surface area contributed by atoms with Crippen LogP contribution < -0.4 is 14.8 Å². The van der Waals surface area contributed by atoms with Gasteiger partial charge in [0.15, 0.2) is 17.1 Å². The van der Waals surface area contributed by atoms with Crippen LogP contribution in [-0.4, -0.2) is 41.7 Å². The van der Waals surface area contributed by atoms with Crippen LogP contribution in [0.5, 0.6) is 11.5 Å². The molecule has 0 aliphatic carbocycles. The Morgan fingerprint density at radius 1 is 1.18 bits per heavy atom. The molecule has 2 amide bonds. The fraction of sp³-hybridized carbons (Fsp3) is 0.286. The van der Waals surface area contributed by atoms with Crippen molar-refractivity contribution in [1.29, 1.82) is 0 Å². The summed E-state index contributed by atoms with van der Waals surface area (Å²) in [5, 5.41) is 3.98. The van der Waals surface area contributed by atoms with Gasteiger partial charge in [0.1, 0.15) is 0 Å². The van der Waals surface area contributed by atoms with E-state index >= 15 is 0 Å². The van der Waals surface area contributed by atoms with Crippen molar-refractivity contribution >= 4 is 17.1 Å². The van der Waals surface area contributed by atoms with Crippen molar-refractivity contribution in [2.75, 3.05) is 20.8 Å². The Morgan fingerprint density at radius 2 is 2.04 bits per heavy atom. The number of aromatic nitrogens is 2. The monoisotopic (exact) mass is 378 g/mol. The van der Waals surface area contributed by atoms with Crippen molar-refractivity contribution in [2.24, 2.45) is 0 Å². The van der Waals surface area contributed by atoms with Gasteiger partial charge in [-0.2, -0.15) is 0 Å². The molecule has 0 unspecified atom stereocenters. The highest BCUT2D eigenvalue weighted by atomic mass is 16.5. The second kappa shape index (κ2) is 7.72. The van der Waals surface area contributed by atoms with Gasteiger partial charge in [-0.3, -0.25) is 0 Å². The highest BCUT2D eigenvalue weighted by molar-refractivity contribution is 5.77. The van der Waals surface area contributed by atoms with Gasteiger partial charge in [-0.05, 0) is 41.5 Å². The number of carbonyl (C=O) groups is 1. The maximum Gasteiger partial charge on any atom is 0.317 e. The van der Waals surface area contributed by atoms with E-state index < -0.39 is 0 Å². The van der Waals surface area contributed by atoms with Crippen LogP contribution in [0, 0.1) is 0 Å². The fourth-order valence-corrected chi connectivity index (χ4v) is 3.42. The predicted molar refractivity (Wildman–Crippen MR) is 105 cm³/mol. The molecule has 144 valence electrons. The summed E-state index contributed by atoms with van der Waals surface area (Å²) in [4.78, 5) is 23.4. The Balaban J connectivity index is 1.43. The normalized spacial score (nSPS) is 13.1. The topological polar surface area (TPSA) is 76.6 Å². The second-order valence-electron chi connectivity index (χ2n) is 6.66. The molecule has 0 atom stereocenters. The lowest BCUT2D eigenvalue weighted by molar-refractivity contribution is 0.191. The zero-order valence-electron chi connectivity index (χ0n) is 15.9. The molecule has 0 bridgehead atoms. The predicted octanol–water partition coefficient (Wildman–Crippen LogP) is 2.91. The number of hydrogen-bond acceptors (Lipinski definition) is 5. The fourth-order valence-electron chi connectivity index (χ4n) is 3.42. The minimum atomic E-state index is -0.0910. The molecule has 3 heterocycles. The molecule has 28 heavy (non-hydrogen) atoms. The smallest absolute Gasteiger partial charge is 0.317 e. The van der Waals surface area contributed by atoms with Gasteiger partial charge >= 0.3 is 6.03 Å². The van der Waals surface area contributed by atoms with E-state index in [4.69, 9.17) is 9.47 Å². The number of hydrogen-bond donors (Lipinski definition) is 1. The third kappa shape index (κ3) is 3.55. The first-order valence-electron chi connectivity index (χ1n) is 9.15. The van der Waals surface area contributed by atoms with Crippen LogP contribution in [0.3, 0.4) is 0 Å². The number of nitrogens with zero attached hydrogens (tertiary/aromatic N) is 3. The molecule has 1 aliphatic heterocycles. The van der Waals surface area contributed by atoms with Gasteiger partial charge in [0, 0.05) is 43.3 Å². The number of benzene rings is 1. The van der Waals surface area contributed by atoms with Gasteiger partial charge < -0.3 is 19.7 Å². The number of pyridine rings is 2. The lowest BCUT2D eigenvalue weighted by Gasteiger charge is -2.28. The van der Waals surface area contributed by atoms with E-state index in [0.717, 1.165) is 34.3 Å². The van der Waals surface area contributed by atoms with Crippen molar-refractivity contribution in [3.8, 4) is 11.5 Å². The highest BCUT2D eigenvalue weighted by Crippen LogP contribution is 2.27. The van der Waals surface area contributed by atoms with E-state index in [0.29, 0.717) is 31.1 Å². The Bertz CT molecular complexity index is 1020. The summed E-state index contributed by atoms with van der Waals surface area (Å²) in [6.45, 7) is 1.60. The van der Waals surface area contributed by atoms with Crippen molar-refractivity contribution in [3.63, 3.8) is 0 Å². The van der Waals surface area contributed by atoms with Crippen molar-refractivity contribution in [1.82, 2.24) is 20.2 Å². The molecule has 7 heteroatoms. The Morgan fingerprint density at radius 3 is 2.86 bits per heavy atom. The van der Waals surface area contributed by atoms with Crippen LogP contribution in [-0.2, 0) is 19.5 Å². The maximum absolute atomic E-state index is 12.6. The number of urea groups is 1. The summed E-state index contributed by atoms with van der Waals surface area (Å²) in [6.07, 6.45) is 2.48. The molecule has 0 saturated carbocycles. The minimum absolute atomic E-state index is 0.0910. The van der Waals surface area contributed by atoms with Gasteiger partial charge in [0.2, 0.25) is 0 Å². The van der Waals surface area contributed by atoms with E-state index in [9.17, 15) is 4.79 Å². The lowest BCUT2D eigenvalue weighted by atomic mass is 10.0. The third-order valence-corrected chi connectivity index (χ3v) is 4.92. The Kier molecular flexibility index (Phi) is 4.97. The van der Waals surface area contributed by atoms with Crippen LogP contribution in [0.2, 0.25) is 0 Å². The molecule has 0 radical (unpaired) electrons.